The predicted molar refractivity (Wildman–Crippen MR) is 77.4 cm³/mol. The number of nitrogens with one attached hydrogen (secondary N) is 1. The number of aromatic nitrogens is 2. The molecule has 106 valence electrons. The molecule has 3 rings (SSSR count). The molecular weight excluding hydrogens is 274 g/mol. The van der Waals surface area contributed by atoms with Crippen LogP contribution in [-0.2, 0) is 16.4 Å². The first-order valence-corrected chi connectivity index (χ1v) is 8.36. The van der Waals surface area contributed by atoms with E-state index in [0.29, 0.717) is 11.3 Å². The van der Waals surface area contributed by atoms with Crippen molar-refractivity contribution in [1.82, 2.24) is 9.78 Å². The number of rotatable bonds is 3. The fourth-order valence-electron chi connectivity index (χ4n) is 2.55. The highest BCUT2D eigenvalue weighted by molar-refractivity contribution is 7.91. The quantitative estimate of drug-likeness (QED) is 0.942. The summed E-state index contributed by atoms with van der Waals surface area (Å²) in [6.07, 6.45) is 4.29. The van der Waals surface area contributed by atoms with E-state index in [-0.39, 0.29) is 11.8 Å². The number of aryl methyl sites for hydroxylation is 1. The molecule has 1 aromatic heterocycles. The second kappa shape index (κ2) is 4.94. The number of anilines is 1. The van der Waals surface area contributed by atoms with Gasteiger partial charge in [-0.1, -0.05) is 18.2 Å². The smallest absolute Gasteiger partial charge is 0.178 e. The first kappa shape index (κ1) is 13.2. The van der Waals surface area contributed by atoms with Gasteiger partial charge < -0.3 is 5.32 Å². The Hall–Kier alpha value is -1.82. The van der Waals surface area contributed by atoms with Gasteiger partial charge in [0.25, 0.3) is 0 Å². The summed E-state index contributed by atoms with van der Waals surface area (Å²) >= 11 is 0. The minimum absolute atomic E-state index is 0.0178. The highest BCUT2D eigenvalue weighted by Gasteiger charge is 2.29. The normalized spacial score (nSPS) is 20.4. The summed E-state index contributed by atoms with van der Waals surface area (Å²) in [5.74, 6) is 0.184. The first-order chi connectivity index (χ1) is 9.60. The standard InChI is InChI=1S/C14H17N3O2S/c1-2-17-10-11(9-15-17)16-13-7-8-20(18,19)14-6-4-3-5-12(13)14/h3-6,9-10,13,16H,2,7-8H2,1H3. The zero-order chi connectivity index (χ0) is 14.2. The summed E-state index contributed by atoms with van der Waals surface area (Å²) in [4.78, 5) is 0.451. The third-order valence-corrected chi connectivity index (χ3v) is 5.42. The molecule has 2 aromatic rings. The highest BCUT2D eigenvalue weighted by atomic mass is 32.2. The second-order valence-corrected chi connectivity index (χ2v) is 7.00. The molecule has 0 bridgehead atoms. The Bertz CT molecular complexity index is 722. The van der Waals surface area contributed by atoms with E-state index in [4.69, 9.17) is 0 Å². The lowest BCUT2D eigenvalue weighted by Gasteiger charge is -2.26. The molecule has 0 amide bonds. The minimum Gasteiger partial charge on any atom is -0.376 e. The van der Waals surface area contributed by atoms with Crippen LogP contribution in [0.1, 0.15) is 24.9 Å². The molecule has 0 spiro atoms. The maximum Gasteiger partial charge on any atom is 0.178 e. The van der Waals surface area contributed by atoms with E-state index < -0.39 is 9.84 Å². The average molecular weight is 291 g/mol. The van der Waals surface area contributed by atoms with E-state index in [1.54, 1.807) is 18.3 Å². The van der Waals surface area contributed by atoms with Crippen LogP contribution < -0.4 is 5.32 Å². The van der Waals surface area contributed by atoms with Crippen molar-refractivity contribution in [2.75, 3.05) is 11.1 Å². The molecule has 20 heavy (non-hydrogen) atoms. The molecule has 6 heteroatoms. The van der Waals surface area contributed by atoms with Crippen LogP contribution in [0.4, 0.5) is 5.69 Å². The summed E-state index contributed by atoms with van der Waals surface area (Å²) in [5.41, 5.74) is 1.77. The zero-order valence-corrected chi connectivity index (χ0v) is 12.1. The van der Waals surface area contributed by atoms with Crippen molar-refractivity contribution in [3.63, 3.8) is 0 Å². The first-order valence-electron chi connectivity index (χ1n) is 6.71. The number of hydrogen-bond acceptors (Lipinski definition) is 4. The Labute approximate surface area is 118 Å². The summed E-state index contributed by atoms with van der Waals surface area (Å²) < 4.78 is 26.0. The third kappa shape index (κ3) is 2.31. The Balaban J connectivity index is 1.92. The second-order valence-electron chi connectivity index (χ2n) is 4.93. The summed E-state index contributed by atoms with van der Waals surface area (Å²) in [6.45, 7) is 2.84. The number of nitrogens with zero attached hydrogens (tertiary/aromatic N) is 2. The van der Waals surface area contributed by atoms with Crippen molar-refractivity contribution in [2.45, 2.75) is 30.8 Å². The van der Waals surface area contributed by atoms with Gasteiger partial charge in [-0.2, -0.15) is 5.10 Å². The van der Waals surface area contributed by atoms with Crippen molar-refractivity contribution in [1.29, 1.82) is 0 Å². The molecule has 0 radical (unpaired) electrons. The molecule has 0 fully saturated rings. The lowest BCUT2D eigenvalue weighted by atomic mass is 10.0. The molecule has 2 heterocycles. The van der Waals surface area contributed by atoms with E-state index in [1.165, 1.54) is 0 Å². The topological polar surface area (TPSA) is 64.0 Å². The molecule has 1 aliphatic rings. The Kier molecular flexibility index (Phi) is 3.25. The summed E-state index contributed by atoms with van der Waals surface area (Å²) in [7, 11) is -3.13. The maximum absolute atomic E-state index is 12.1. The Morgan fingerprint density at radius 2 is 2.20 bits per heavy atom. The number of sulfone groups is 1. The van der Waals surface area contributed by atoms with Gasteiger partial charge in [-0.25, -0.2) is 8.42 Å². The lowest BCUT2D eigenvalue weighted by Crippen LogP contribution is -2.24. The Morgan fingerprint density at radius 1 is 1.40 bits per heavy atom. The minimum atomic E-state index is -3.13. The number of benzene rings is 1. The van der Waals surface area contributed by atoms with Crippen LogP contribution in [0.2, 0.25) is 0 Å². The van der Waals surface area contributed by atoms with Gasteiger partial charge in [0, 0.05) is 12.7 Å². The van der Waals surface area contributed by atoms with Crippen molar-refractivity contribution in [2.24, 2.45) is 0 Å². The maximum atomic E-state index is 12.1. The summed E-state index contributed by atoms with van der Waals surface area (Å²) in [5, 5.41) is 7.60. The largest absolute Gasteiger partial charge is 0.376 e. The van der Waals surface area contributed by atoms with Gasteiger partial charge in [-0.15, -0.1) is 0 Å². The van der Waals surface area contributed by atoms with E-state index in [9.17, 15) is 8.42 Å². The van der Waals surface area contributed by atoms with Crippen LogP contribution in [-0.4, -0.2) is 24.0 Å². The van der Waals surface area contributed by atoms with Gasteiger partial charge in [-0.05, 0) is 25.0 Å². The van der Waals surface area contributed by atoms with Crippen molar-refractivity contribution in [3.05, 3.63) is 42.2 Å². The lowest BCUT2D eigenvalue weighted by molar-refractivity contribution is 0.576. The van der Waals surface area contributed by atoms with Crippen LogP contribution >= 0.6 is 0 Å². The average Bonchev–Trinajstić information content (AvgIpc) is 2.90. The molecule has 1 unspecified atom stereocenters. The Morgan fingerprint density at radius 3 is 2.95 bits per heavy atom. The van der Waals surface area contributed by atoms with Gasteiger partial charge in [0.2, 0.25) is 0 Å². The van der Waals surface area contributed by atoms with E-state index in [2.05, 4.69) is 10.4 Å². The molecule has 1 aliphatic heterocycles. The van der Waals surface area contributed by atoms with Crippen LogP contribution in [0.15, 0.2) is 41.6 Å². The number of fused-ring (bicyclic) bond motifs is 1. The van der Waals surface area contributed by atoms with Crippen LogP contribution in [0.3, 0.4) is 0 Å². The van der Waals surface area contributed by atoms with E-state index >= 15 is 0 Å². The van der Waals surface area contributed by atoms with Crippen molar-refractivity contribution < 1.29 is 8.42 Å². The highest BCUT2D eigenvalue weighted by Crippen LogP contribution is 2.34. The van der Waals surface area contributed by atoms with E-state index in [0.717, 1.165) is 17.8 Å². The van der Waals surface area contributed by atoms with E-state index in [1.807, 2.05) is 29.9 Å². The van der Waals surface area contributed by atoms with Crippen molar-refractivity contribution in [3.8, 4) is 0 Å². The van der Waals surface area contributed by atoms with Crippen LogP contribution in [0.5, 0.6) is 0 Å². The number of hydrogen-bond donors (Lipinski definition) is 1. The monoisotopic (exact) mass is 291 g/mol. The van der Waals surface area contributed by atoms with Gasteiger partial charge in [0.15, 0.2) is 9.84 Å². The van der Waals surface area contributed by atoms with Crippen LogP contribution in [0, 0.1) is 0 Å². The summed E-state index contributed by atoms with van der Waals surface area (Å²) in [6, 6.07) is 7.24. The zero-order valence-electron chi connectivity index (χ0n) is 11.3. The molecule has 1 aromatic carbocycles. The molecule has 5 nitrogen and oxygen atoms in total. The molecule has 1 atom stereocenters. The predicted octanol–water partition coefficient (Wildman–Crippen LogP) is 2.23. The van der Waals surface area contributed by atoms with Gasteiger partial charge in [-0.3, -0.25) is 4.68 Å². The molecule has 1 N–H and O–H groups in total. The third-order valence-electron chi connectivity index (χ3n) is 3.60. The van der Waals surface area contributed by atoms with Gasteiger partial charge in [0.05, 0.1) is 28.6 Å². The SMILES string of the molecule is CCn1cc(NC2CCS(=O)(=O)c3ccccc32)cn1. The van der Waals surface area contributed by atoms with Gasteiger partial charge >= 0.3 is 0 Å². The molecule has 0 saturated carbocycles. The van der Waals surface area contributed by atoms with Gasteiger partial charge in [0.1, 0.15) is 0 Å². The van der Waals surface area contributed by atoms with Crippen molar-refractivity contribution >= 4 is 15.5 Å². The molecular formula is C14H17N3O2S. The molecule has 0 saturated heterocycles. The van der Waals surface area contributed by atoms with Crippen LogP contribution in [0.25, 0.3) is 0 Å². The fourth-order valence-corrected chi connectivity index (χ4v) is 4.17. The molecule has 0 aliphatic carbocycles. The fraction of sp³-hybridized carbons (Fsp3) is 0.357.